The number of nitrogens with one attached hydrogen (secondary N) is 1. The van der Waals surface area contributed by atoms with Crippen LogP contribution in [0.15, 0.2) is 48.5 Å². The molecule has 2 aromatic rings. The molecule has 20 heavy (non-hydrogen) atoms. The quantitative estimate of drug-likeness (QED) is 0.471. The van der Waals surface area contributed by atoms with Crippen LogP contribution in [-0.2, 0) is 0 Å². The highest BCUT2D eigenvalue weighted by Crippen LogP contribution is 2.27. The van der Waals surface area contributed by atoms with Gasteiger partial charge in [0.2, 0.25) is 0 Å². The van der Waals surface area contributed by atoms with Crippen molar-refractivity contribution in [1.29, 1.82) is 0 Å². The fraction of sp³-hybridized carbons (Fsp3) is 0.143. The van der Waals surface area contributed by atoms with Crippen LogP contribution in [0.1, 0.15) is 11.7 Å². The normalized spacial score (nSPS) is 11.9. The monoisotopic (exact) mass is 384 g/mol. The van der Waals surface area contributed by atoms with Gasteiger partial charge in [0.1, 0.15) is 5.69 Å². The molecular formula is C14H13IN2O3. The van der Waals surface area contributed by atoms with Gasteiger partial charge in [0.15, 0.2) is 0 Å². The van der Waals surface area contributed by atoms with Crippen molar-refractivity contribution in [3.63, 3.8) is 0 Å². The Labute approximate surface area is 129 Å². The van der Waals surface area contributed by atoms with Gasteiger partial charge in [-0.1, -0.05) is 30.3 Å². The SMILES string of the molecule is O=[N+]([O-])c1cc(I)ccc1NCC(O)c1ccccc1. The summed E-state index contributed by atoms with van der Waals surface area (Å²) >= 11 is 2.02. The topological polar surface area (TPSA) is 75.4 Å². The van der Waals surface area contributed by atoms with Gasteiger partial charge in [-0.2, -0.15) is 0 Å². The highest BCUT2D eigenvalue weighted by atomic mass is 127. The molecule has 1 unspecified atom stereocenters. The van der Waals surface area contributed by atoms with Gasteiger partial charge in [-0.15, -0.1) is 0 Å². The zero-order chi connectivity index (χ0) is 14.5. The fourth-order valence-corrected chi connectivity index (χ4v) is 2.28. The Morgan fingerprint density at radius 3 is 2.60 bits per heavy atom. The molecule has 2 N–H and O–H groups in total. The van der Waals surface area contributed by atoms with Crippen molar-refractivity contribution < 1.29 is 10.0 Å². The van der Waals surface area contributed by atoms with Gasteiger partial charge in [0.05, 0.1) is 11.0 Å². The average Bonchev–Trinajstić information content (AvgIpc) is 2.46. The van der Waals surface area contributed by atoms with E-state index in [-0.39, 0.29) is 12.2 Å². The molecule has 0 aliphatic heterocycles. The van der Waals surface area contributed by atoms with E-state index >= 15 is 0 Å². The summed E-state index contributed by atoms with van der Waals surface area (Å²) in [6, 6.07) is 14.1. The number of hydrogen-bond acceptors (Lipinski definition) is 4. The smallest absolute Gasteiger partial charge is 0.293 e. The predicted octanol–water partition coefficient (Wildman–Crippen LogP) is 3.34. The summed E-state index contributed by atoms with van der Waals surface area (Å²) in [5.41, 5.74) is 1.19. The van der Waals surface area contributed by atoms with E-state index in [9.17, 15) is 15.2 Å². The van der Waals surface area contributed by atoms with Crippen LogP contribution in [0.2, 0.25) is 0 Å². The van der Waals surface area contributed by atoms with Crippen LogP contribution < -0.4 is 5.32 Å². The second-order valence-corrected chi connectivity index (χ2v) is 5.47. The van der Waals surface area contributed by atoms with E-state index in [1.165, 1.54) is 6.07 Å². The molecule has 0 fully saturated rings. The summed E-state index contributed by atoms with van der Waals surface area (Å²) in [4.78, 5) is 10.6. The van der Waals surface area contributed by atoms with Crippen LogP contribution in [0, 0.1) is 13.7 Å². The molecule has 2 aromatic carbocycles. The lowest BCUT2D eigenvalue weighted by Gasteiger charge is -2.13. The number of anilines is 1. The Bertz CT molecular complexity index is 605. The number of nitro groups is 1. The van der Waals surface area contributed by atoms with Crippen LogP contribution in [0.4, 0.5) is 11.4 Å². The molecule has 5 nitrogen and oxygen atoms in total. The third-order valence-corrected chi connectivity index (χ3v) is 3.50. The summed E-state index contributed by atoms with van der Waals surface area (Å²) in [7, 11) is 0. The fourth-order valence-electron chi connectivity index (χ4n) is 1.81. The minimum atomic E-state index is -0.713. The largest absolute Gasteiger partial charge is 0.387 e. The first-order chi connectivity index (χ1) is 9.58. The van der Waals surface area contributed by atoms with Crippen molar-refractivity contribution in [2.45, 2.75) is 6.10 Å². The van der Waals surface area contributed by atoms with E-state index in [1.807, 2.05) is 52.9 Å². The van der Waals surface area contributed by atoms with Crippen LogP contribution in [0.3, 0.4) is 0 Å². The first-order valence-corrected chi connectivity index (χ1v) is 7.06. The van der Waals surface area contributed by atoms with Gasteiger partial charge in [-0.3, -0.25) is 10.1 Å². The van der Waals surface area contributed by atoms with Crippen molar-refractivity contribution in [3.05, 3.63) is 67.8 Å². The Balaban J connectivity index is 2.09. The van der Waals surface area contributed by atoms with E-state index in [2.05, 4.69) is 5.32 Å². The molecule has 1 atom stereocenters. The van der Waals surface area contributed by atoms with Crippen LogP contribution in [-0.4, -0.2) is 16.6 Å². The summed E-state index contributed by atoms with van der Waals surface area (Å²) in [5, 5.41) is 23.9. The van der Waals surface area contributed by atoms with Crippen LogP contribution in [0.25, 0.3) is 0 Å². The Morgan fingerprint density at radius 1 is 1.25 bits per heavy atom. The minimum Gasteiger partial charge on any atom is -0.387 e. The maximum Gasteiger partial charge on any atom is 0.293 e. The van der Waals surface area contributed by atoms with Crippen LogP contribution >= 0.6 is 22.6 Å². The molecule has 0 spiro atoms. The molecular weight excluding hydrogens is 371 g/mol. The third-order valence-electron chi connectivity index (χ3n) is 2.83. The number of aliphatic hydroxyl groups excluding tert-OH is 1. The predicted molar refractivity (Wildman–Crippen MR) is 85.7 cm³/mol. The second-order valence-electron chi connectivity index (χ2n) is 4.23. The minimum absolute atomic E-state index is 0.0113. The van der Waals surface area contributed by atoms with Gasteiger partial charge in [-0.25, -0.2) is 0 Å². The number of nitrogens with zero attached hydrogens (tertiary/aromatic N) is 1. The Morgan fingerprint density at radius 2 is 1.95 bits per heavy atom. The molecule has 0 aliphatic carbocycles. The molecule has 2 rings (SSSR count). The highest BCUT2D eigenvalue weighted by molar-refractivity contribution is 14.1. The maximum atomic E-state index is 11.0. The molecule has 0 radical (unpaired) electrons. The maximum absolute atomic E-state index is 11.0. The standard InChI is InChI=1S/C14H13IN2O3/c15-11-6-7-12(13(8-11)17(19)20)16-9-14(18)10-4-2-1-3-5-10/h1-8,14,16,18H,9H2. The summed E-state index contributed by atoms with van der Waals surface area (Å²) in [6.45, 7) is 0.214. The number of rotatable bonds is 5. The van der Waals surface area contributed by atoms with E-state index in [0.29, 0.717) is 5.69 Å². The van der Waals surface area contributed by atoms with Crippen molar-refractivity contribution >= 4 is 34.0 Å². The zero-order valence-electron chi connectivity index (χ0n) is 10.5. The molecule has 0 heterocycles. The number of nitro benzene ring substituents is 1. The van der Waals surface area contributed by atoms with Crippen LogP contribution in [0.5, 0.6) is 0 Å². The van der Waals surface area contributed by atoms with E-state index in [4.69, 9.17) is 0 Å². The third kappa shape index (κ3) is 3.67. The first-order valence-electron chi connectivity index (χ1n) is 5.99. The number of hydrogen-bond donors (Lipinski definition) is 2. The lowest BCUT2D eigenvalue weighted by atomic mass is 10.1. The Hall–Kier alpha value is -1.67. The molecule has 0 saturated heterocycles. The van der Waals surface area contributed by atoms with Gasteiger partial charge < -0.3 is 10.4 Å². The van der Waals surface area contributed by atoms with Crippen molar-refractivity contribution in [1.82, 2.24) is 0 Å². The van der Waals surface area contributed by atoms with Gasteiger partial charge in [0, 0.05) is 16.2 Å². The molecule has 0 bridgehead atoms. The zero-order valence-corrected chi connectivity index (χ0v) is 12.6. The first kappa shape index (κ1) is 14.7. The molecule has 104 valence electrons. The van der Waals surface area contributed by atoms with Gasteiger partial charge >= 0.3 is 0 Å². The van der Waals surface area contributed by atoms with Gasteiger partial charge in [0.25, 0.3) is 5.69 Å². The lowest BCUT2D eigenvalue weighted by molar-refractivity contribution is -0.384. The number of benzene rings is 2. The number of halogens is 1. The van der Waals surface area contributed by atoms with Crippen molar-refractivity contribution in [2.24, 2.45) is 0 Å². The van der Waals surface area contributed by atoms with Gasteiger partial charge in [-0.05, 0) is 40.3 Å². The van der Waals surface area contributed by atoms with E-state index in [1.54, 1.807) is 12.1 Å². The molecule has 0 amide bonds. The average molecular weight is 384 g/mol. The lowest BCUT2D eigenvalue weighted by Crippen LogP contribution is -2.13. The highest BCUT2D eigenvalue weighted by Gasteiger charge is 2.15. The molecule has 0 saturated carbocycles. The molecule has 6 heteroatoms. The summed E-state index contributed by atoms with van der Waals surface area (Å²) < 4.78 is 0.795. The summed E-state index contributed by atoms with van der Waals surface area (Å²) in [6.07, 6.45) is -0.713. The Kier molecular flexibility index (Phi) is 4.91. The van der Waals surface area contributed by atoms with E-state index < -0.39 is 11.0 Å². The number of aliphatic hydroxyl groups is 1. The molecule has 0 aliphatic rings. The van der Waals surface area contributed by atoms with E-state index in [0.717, 1.165) is 9.13 Å². The van der Waals surface area contributed by atoms with Crippen molar-refractivity contribution in [2.75, 3.05) is 11.9 Å². The summed E-state index contributed by atoms with van der Waals surface area (Å²) in [5.74, 6) is 0. The van der Waals surface area contributed by atoms with Crippen molar-refractivity contribution in [3.8, 4) is 0 Å². The second kappa shape index (κ2) is 6.67. The molecule has 0 aromatic heterocycles.